The average molecular weight is 724 g/mol. The Morgan fingerprint density at radius 1 is 1.00 bits per heavy atom. The Hall–Kier alpha value is -3.88. The molecule has 1 aliphatic rings. The smallest absolute Gasteiger partial charge is 0.335 e. The summed E-state index contributed by atoms with van der Waals surface area (Å²) >= 11 is 0. The molecular formula is C37H61N3O11. The summed E-state index contributed by atoms with van der Waals surface area (Å²) in [6, 6.07) is 2.77. The molecule has 0 aromatic heterocycles. The molecule has 0 radical (unpaired) electrons. The van der Waals surface area contributed by atoms with Crippen LogP contribution in [0.25, 0.3) is 0 Å². The van der Waals surface area contributed by atoms with Gasteiger partial charge in [0.2, 0.25) is 18.1 Å². The van der Waals surface area contributed by atoms with Crippen LogP contribution in [0.3, 0.4) is 0 Å². The highest BCUT2D eigenvalue weighted by atomic mass is 16.7. The molecule has 1 aliphatic heterocycles. The van der Waals surface area contributed by atoms with Crippen molar-refractivity contribution in [3.05, 3.63) is 46.0 Å². The topological polar surface area (TPSA) is 210 Å². The third-order valence-corrected chi connectivity index (χ3v) is 8.34. The van der Waals surface area contributed by atoms with E-state index >= 15 is 0 Å². The number of rotatable bonds is 15. The molecule has 0 spiro atoms. The number of hydrogen-bond acceptors (Lipinski definition) is 11. The fraction of sp³-hybridized carbons (Fsp3) is 0.676. The quantitative estimate of drug-likeness (QED) is 0.0900. The van der Waals surface area contributed by atoms with E-state index in [-0.39, 0.29) is 36.1 Å². The maximum Gasteiger partial charge on any atom is 0.335 e. The van der Waals surface area contributed by atoms with E-state index in [1.807, 2.05) is 41.5 Å². The molecule has 1 heterocycles. The summed E-state index contributed by atoms with van der Waals surface area (Å²) in [6.07, 6.45) is -5.49. The highest BCUT2D eigenvalue weighted by Gasteiger charge is 2.50. The summed E-state index contributed by atoms with van der Waals surface area (Å²) < 4.78 is 16.3. The third kappa shape index (κ3) is 14.3. The Morgan fingerprint density at radius 3 is 2.10 bits per heavy atom. The van der Waals surface area contributed by atoms with Gasteiger partial charge in [-0.05, 0) is 42.4 Å². The Kier molecular flexibility index (Phi) is 19.8. The second kappa shape index (κ2) is 21.5. The van der Waals surface area contributed by atoms with Crippen molar-refractivity contribution in [3.63, 3.8) is 0 Å². The monoisotopic (exact) mass is 723 g/mol. The summed E-state index contributed by atoms with van der Waals surface area (Å²) in [6.45, 7) is 24.8. The molecule has 14 nitrogen and oxygen atoms in total. The van der Waals surface area contributed by atoms with Gasteiger partial charge in [0.1, 0.15) is 24.6 Å². The number of nitroso groups, excluding NO2 is 1. The van der Waals surface area contributed by atoms with Gasteiger partial charge in [-0.1, -0.05) is 94.3 Å². The first-order chi connectivity index (χ1) is 23.7. The number of ether oxygens (including phenoxy) is 3. The Morgan fingerprint density at radius 2 is 1.59 bits per heavy atom. The van der Waals surface area contributed by atoms with Crippen molar-refractivity contribution >= 4 is 23.8 Å². The van der Waals surface area contributed by atoms with Crippen molar-refractivity contribution in [1.29, 1.82) is 0 Å². The highest BCUT2D eigenvalue weighted by Crippen LogP contribution is 2.39. The lowest BCUT2D eigenvalue weighted by Gasteiger charge is -2.38. The lowest BCUT2D eigenvalue weighted by molar-refractivity contribution is -0.244. The average Bonchev–Trinajstić information content (AvgIpc) is 3.06. The van der Waals surface area contributed by atoms with E-state index in [1.165, 1.54) is 12.1 Å². The van der Waals surface area contributed by atoms with Gasteiger partial charge in [0.05, 0.1) is 5.92 Å². The molecule has 290 valence electrons. The van der Waals surface area contributed by atoms with E-state index in [4.69, 9.17) is 14.2 Å². The Labute approximate surface area is 302 Å². The van der Waals surface area contributed by atoms with Gasteiger partial charge in [-0.2, -0.15) is 4.91 Å². The number of esters is 1. The van der Waals surface area contributed by atoms with E-state index in [1.54, 1.807) is 32.9 Å². The van der Waals surface area contributed by atoms with Crippen molar-refractivity contribution in [2.45, 2.75) is 140 Å². The largest absolute Gasteiger partial charge is 0.479 e. The number of allylic oxidation sites excluding steroid dienone is 1. The zero-order valence-electron chi connectivity index (χ0n) is 32.5. The number of nitrogens with zero attached hydrogens (tertiary/aromatic N) is 1. The molecule has 51 heavy (non-hydrogen) atoms. The van der Waals surface area contributed by atoms with Crippen LogP contribution in [-0.2, 0) is 41.8 Å². The van der Waals surface area contributed by atoms with Crippen molar-refractivity contribution in [3.8, 4) is 5.75 Å². The highest BCUT2D eigenvalue weighted by molar-refractivity contribution is 5.90. The first-order valence-electron chi connectivity index (χ1n) is 17.5. The molecule has 5 N–H and O–H groups in total. The van der Waals surface area contributed by atoms with Crippen LogP contribution < -0.4 is 15.4 Å². The zero-order chi connectivity index (χ0) is 39.9. The Balaban J connectivity index is 0.00000602. The molecule has 1 aromatic rings. The summed E-state index contributed by atoms with van der Waals surface area (Å²) in [7, 11) is 0. The van der Waals surface area contributed by atoms with Crippen LogP contribution in [0.4, 0.5) is 0 Å². The van der Waals surface area contributed by atoms with Crippen molar-refractivity contribution in [2.75, 3.05) is 0 Å². The molecule has 0 saturated carbocycles. The number of aliphatic carboxylic acids is 1. The number of nitrogens with one attached hydrogen (secondary N) is 2. The molecule has 0 aliphatic carbocycles. The molecule has 14 heteroatoms. The van der Waals surface area contributed by atoms with E-state index < -0.39 is 53.9 Å². The van der Waals surface area contributed by atoms with Gasteiger partial charge < -0.3 is 40.2 Å². The maximum absolute atomic E-state index is 13.1. The lowest BCUT2D eigenvalue weighted by Crippen LogP contribution is -2.60. The number of aliphatic hydroxyl groups is 2. The van der Waals surface area contributed by atoms with Gasteiger partial charge in [-0.15, -0.1) is 0 Å². The number of benzene rings is 1. The van der Waals surface area contributed by atoms with E-state index in [0.717, 1.165) is 0 Å². The van der Waals surface area contributed by atoms with E-state index in [2.05, 4.69) is 43.5 Å². The summed E-state index contributed by atoms with van der Waals surface area (Å²) in [5.74, 6) is -2.77. The van der Waals surface area contributed by atoms with Gasteiger partial charge in [0.15, 0.2) is 12.1 Å². The van der Waals surface area contributed by atoms with Crippen molar-refractivity contribution < 1.29 is 48.7 Å². The van der Waals surface area contributed by atoms with Crippen molar-refractivity contribution in [1.82, 2.24) is 10.6 Å². The molecule has 2 rings (SSSR count). The van der Waals surface area contributed by atoms with Crippen LogP contribution in [0.15, 0.2) is 35.1 Å². The predicted octanol–water partition coefficient (Wildman–Crippen LogP) is 5.22. The number of carbonyl (C=O) groups is 4. The van der Waals surface area contributed by atoms with E-state index in [0.29, 0.717) is 29.2 Å². The lowest BCUT2D eigenvalue weighted by atomic mass is 9.69. The minimum atomic E-state index is -1.89. The molecule has 2 amide bonds. The number of carboxylic acid groups (broad SMARTS) is 1. The summed E-state index contributed by atoms with van der Waals surface area (Å²) in [4.78, 5) is 60.7. The van der Waals surface area contributed by atoms with Crippen LogP contribution in [-0.4, -0.2) is 69.7 Å². The normalized spacial score (nSPS) is 20.6. The first kappa shape index (κ1) is 47.1. The van der Waals surface area contributed by atoms with Gasteiger partial charge in [0.25, 0.3) is 0 Å². The Bertz CT molecular complexity index is 1340. The molecule has 1 aromatic carbocycles. The number of amides is 2. The minimum absolute atomic E-state index is 0.0330. The van der Waals surface area contributed by atoms with Crippen LogP contribution in [0, 0.1) is 27.6 Å². The van der Waals surface area contributed by atoms with Crippen LogP contribution in [0.1, 0.15) is 108 Å². The van der Waals surface area contributed by atoms with Crippen LogP contribution in [0.5, 0.6) is 5.75 Å². The second-order valence-corrected chi connectivity index (χ2v) is 13.9. The minimum Gasteiger partial charge on any atom is -0.479 e. The van der Waals surface area contributed by atoms with Crippen LogP contribution >= 0.6 is 0 Å². The van der Waals surface area contributed by atoms with Gasteiger partial charge in [-0.3, -0.25) is 14.4 Å². The van der Waals surface area contributed by atoms with E-state index in [9.17, 15) is 39.4 Å². The maximum atomic E-state index is 13.1. The fourth-order valence-corrected chi connectivity index (χ4v) is 4.93. The first-order valence-corrected chi connectivity index (χ1v) is 17.5. The van der Waals surface area contributed by atoms with Gasteiger partial charge >= 0.3 is 11.9 Å². The number of carboxylic acids is 1. The number of aliphatic hydroxyl groups excluding tert-OH is 2. The second-order valence-electron chi connectivity index (χ2n) is 13.9. The summed E-state index contributed by atoms with van der Waals surface area (Å²) in [5, 5.41) is 38.4. The molecule has 0 bridgehead atoms. The summed E-state index contributed by atoms with van der Waals surface area (Å²) in [5.41, 5.74) is 0.373. The van der Waals surface area contributed by atoms with Gasteiger partial charge in [0, 0.05) is 29.3 Å². The molecule has 5 atom stereocenters. The SMILES string of the molecule is C/C(=C\C(=O)NCc1cc(COC(=O)C(C)C)ccc1OC1OC(C(=O)O)C(N=O)C(O)C1O)NC(=O)C(C)(C)CC(C)(C)C(C)C.CC.CC. The number of hydrogen-bond donors (Lipinski definition) is 5. The zero-order valence-corrected chi connectivity index (χ0v) is 32.5. The standard InChI is InChI=1S/C33H49N3O11.2C2H6/c1-17(2)29(42)45-15-20-10-11-22(46-30-26(39)25(38)24(36-44)27(47-30)28(40)41)21(13-20)14-34-23(37)12-19(5)35-31(43)33(8,9)16-32(6,7)18(3)4;2*1-2/h10-13,17-18,24-27,30,38-39H,14-16H2,1-9H3,(H,34,37)(H,35,43)(H,40,41);2*1-2H3/b19-12+;;. The molecule has 1 saturated heterocycles. The predicted molar refractivity (Wildman–Crippen MR) is 193 cm³/mol. The van der Waals surface area contributed by atoms with Gasteiger partial charge in [-0.25, -0.2) is 4.79 Å². The fourth-order valence-electron chi connectivity index (χ4n) is 4.93. The number of carbonyl (C=O) groups excluding carboxylic acids is 3. The molecule has 1 fully saturated rings. The van der Waals surface area contributed by atoms with Crippen LogP contribution in [0.2, 0.25) is 0 Å². The third-order valence-electron chi connectivity index (χ3n) is 8.34. The van der Waals surface area contributed by atoms with Crippen molar-refractivity contribution in [2.24, 2.45) is 27.8 Å². The molecule has 5 unspecified atom stereocenters. The molecular weight excluding hydrogens is 662 g/mol.